The maximum Gasteiger partial charge on any atom is 0.146 e. The molecular weight excluding hydrogens is 275 g/mol. The van der Waals surface area contributed by atoms with Crippen LogP contribution in [0.25, 0.3) is 0 Å². The van der Waals surface area contributed by atoms with Crippen LogP contribution in [-0.4, -0.2) is 13.1 Å². The molecule has 2 N–H and O–H groups in total. The first-order chi connectivity index (χ1) is 9.49. The fraction of sp³-hybridized carbons (Fsp3) is 0.250. The van der Waals surface area contributed by atoms with E-state index in [0.717, 1.165) is 17.7 Å². The highest BCUT2D eigenvalue weighted by molar-refractivity contribution is 6.33. The highest BCUT2D eigenvalue weighted by atomic mass is 35.5. The molecule has 0 fully saturated rings. The third-order valence-corrected chi connectivity index (χ3v) is 3.45. The average Bonchev–Trinajstić information content (AvgIpc) is 2.38. The molecular formula is C16H18ClFN2. The summed E-state index contributed by atoms with van der Waals surface area (Å²) in [5.74, 6) is -0.272. The lowest BCUT2D eigenvalue weighted by atomic mass is 10.1. The Morgan fingerprint density at radius 3 is 2.50 bits per heavy atom. The first-order valence-corrected chi connectivity index (χ1v) is 6.89. The van der Waals surface area contributed by atoms with Gasteiger partial charge in [0.25, 0.3) is 0 Å². The van der Waals surface area contributed by atoms with Gasteiger partial charge in [0, 0.05) is 13.1 Å². The molecule has 0 aliphatic heterocycles. The Balaban J connectivity index is 2.31. The molecule has 0 saturated heterocycles. The molecule has 106 valence electrons. The highest BCUT2D eigenvalue weighted by Gasteiger charge is 2.12. The number of nitrogens with two attached hydrogens (primary N) is 1. The number of anilines is 2. The van der Waals surface area contributed by atoms with Crippen molar-refractivity contribution in [1.82, 2.24) is 0 Å². The van der Waals surface area contributed by atoms with E-state index in [1.807, 2.05) is 25.1 Å². The van der Waals surface area contributed by atoms with E-state index >= 15 is 0 Å². The van der Waals surface area contributed by atoms with E-state index in [2.05, 4.69) is 0 Å². The molecule has 0 radical (unpaired) electrons. The Morgan fingerprint density at radius 2 is 1.90 bits per heavy atom. The zero-order valence-corrected chi connectivity index (χ0v) is 12.4. The Hall–Kier alpha value is -1.58. The van der Waals surface area contributed by atoms with Crippen LogP contribution in [0.1, 0.15) is 12.5 Å². The lowest BCUT2D eigenvalue weighted by Gasteiger charge is -2.22. The minimum Gasteiger partial charge on any atom is -0.341 e. The first-order valence-electron chi connectivity index (χ1n) is 6.51. The van der Waals surface area contributed by atoms with Crippen molar-refractivity contribution < 1.29 is 4.39 Å². The Labute approximate surface area is 124 Å². The Bertz CT molecular complexity index is 599. The zero-order valence-electron chi connectivity index (χ0n) is 11.6. The van der Waals surface area contributed by atoms with Gasteiger partial charge in [-0.15, -0.1) is 0 Å². The van der Waals surface area contributed by atoms with Crippen molar-refractivity contribution in [3.8, 4) is 0 Å². The fourth-order valence-electron chi connectivity index (χ4n) is 2.17. The summed E-state index contributed by atoms with van der Waals surface area (Å²) in [5.41, 5.74) is 8.12. The van der Waals surface area contributed by atoms with Crippen LogP contribution < -0.4 is 10.6 Å². The molecule has 2 nitrogen and oxygen atoms in total. The van der Waals surface area contributed by atoms with Gasteiger partial charge in [-0.25, -0.2) is 4.39 Å². The van der Waals surface area contributed by atoms with E-state index in [4.69, 9.17) is 17.3 Å². The van der Waals surface area contributed by atoms with Gasteiger partial charge in [0.05, 0.1) is 16.4 Å². The van der Waals surface area contributed by atoms with Crippen molar-refractivity contribution in [2.24, 2.45) is 5.73 Å². The smallest absolute Gasteiger partial charge is 0.146 e. The molecule has 0 bridgehead atoms. The molecule has 2 rings (SSSR count). The van der Waals surface area contributed by atoms with Crippen molar-refractivity contribution in [2.75, 3.05) is 11.9 Å². The quantitative estimate of drug-likeness (QED) is 0.918. The van der Waals surface area contributed by atoms with Crippen LogP contribution in [0.3, 0.4) is 0 Å². The number of nitrogens with zero attached hydrogens (tertiary/aromatic N) is 1. The number of rotatable bonds is 4. The Morgan fingerprint density at radius 1 is 1.20 bits per heavy atom. The molecule has 0 aromatic heterocycles. The molecule has 1 atom stereocenters. The van der Waals surface area contributed by atoms with E-state index in [-0.39, 0.29) is 11.9 Å². The van der Waals surface area contributed by atoms with Crippen molar-refractivity contribution in [3.63, 3.8) is 0 Å². The lowest BCUT2D eigenvalue weighted by molar-refractivity contribution is 0.627. The van der Waals surface area contributed by atoms with Gasteiger partial charge < -0.3 is 10.6 Å². The van der Waals surface area contributed by atoms with E-state index < -0.39 is 0 Å². The van der Waals surface area contributed by atoms with Crippen LogP contribution in [0.4, 0.5) is 15.8 Å². The SMILES string of the molecule is CC(N)Cc1ccc(N(C)c2ccccc2F)c(Cl)c1. The van der Waals surface area contributed by atoms with Gasteiger partial charge in [0.2, 0.25) is 0 Å². The minimum atomic E-state index is -0.272. The second kappa shape index (κ2) is 6.25. The molecule has 2 aromatic carbocycles. The van der Waals surface area contributed by atoms with Crippen LogP contribution in [0.15, 0.2) is 42.5 Å². The summed E-state index contributed by atoms with van der Waals surface area (Å²) < 4.78 is 13.8. The van der Waals surface area contributed by atoms with Crippen molar-refractivity contribution in [1.29, 1.82) is 0 Å². The molecule has 1 unspecified atom stereocenters. The van der Waals surface area contributed by atoms with Gasteiger partial charge in [-0.05, 0) is 43.2 Å². The molecule has 0 spiro atoms. The summed E-state index contributed by atoms with van der Waals surface area (Å²) in [6.07, 6.45) is 0.767. The second-order valence-electron chi connectivity index (χ2n) is 4.98. The second-order valence-corrected chi connectivity index (χ2v) is 5.38. The monoisotopic (exact) mass is 292 g/mol. The van der Waals surface area contributed by atoms with E-state index in [1.165, 1.54) is 6.07 Å². The van der Waals surface area contributed by atoms with Gasteiger partial charge >= 0.3 is 0 Å². The molecule has 0 heterocycles. The number of hydrogen-bond donors (Lipinski definition) is 1. The molecule has 20 heavy (non-hydrogen) atoms. The summed E-state index contributed by atoms with van der Waals surface area (Å²) in [6, 6.07) is 12.5. The van der Waals surface area contributed by atoms with Crippen molar-refractivity contribution in [3.05, 3.63) is 58.9 Å². The van der Waals surface area contributed by atoms with Crippen LogP contribution in [0, 0.1) is 5.82 Å². The summed E-state index contributed by atoms with van der Waals surface area (Å²) in [5, 5.41) is 0.592. The van der Waals surface area contributed by atoms with Crippen LogP contribution in [0.5, 0.6) is 0 Å². The third kappa shape index (κ3) is 3.30. The molecule has 0 saturated carbocycles. The third-order valence-electron chi connectivity index (χ3n) is 3.14. The van der Waals surface area contributed by atoms with Gasteiger partial charge in [0.15, 0.2) is 0 Å². The predicted molar refractivity (Wildman–Crippen MR) is 83.3 cm³/mol. The standard InChI is InChI=1S/C16H18ClFN2/c1-11(19)9-12-7-8-15(13(17)10-12)20(2)16-6-4-3-5-14(16)18/h3-8,10-11H,9,19H2,1-2H3. The van der Waals surface area contributed by atoms with E-state index in [9.17, 15) is 4.39 Å². The average molecular weight is 293 g/mol. The number of hydrogen-bond acceptors (Lipinski definition) is 2. The maximum atomic E-state index is 13.8. The highest BCUT2D eigenvalue weighted by Crippen LogP contribution is 2.32. The molecule has 4 heteroatoms. The van der Waals surface area contributed by atoms with Gasteiger partial charge in [-0.3, -0.25) is 0 Å². The number of halogens is 2. The fourth-order valence-corrected chi connectivity index (χ4v) is 2.50. The van der Waals surface area contributed by atoms with Crippen LogP contribution in [-0.2, 0) is 6.42 Å². The predicted octanol–water partition coefficient (Wildman–Crippen LogP) is 4.14. The number of benzene rings is 2. The molecule has 0 aliphatic carbocycles. The maximum absolute atomic E-state index is 13.8. The molecule has 2 aromatic rings. The number of para-hydroxylation sites is 1. The Kier molecular flexibility index (Phi) is 4.63. The topological polar surface area (TPSA) is 29.3 Å². The summed E-state index contributed by atoms with van der Waals surface area (Å²) in [7, 11) is 1.80. The van der Waals surface area contributed by atoms with Gasteiger partial charge in [0.1, 0.15) is 5.82 Å². The summed E-state index contributed by atoms with van der Waals surface area (Å²) >= 11 is 6.31. The first kappa shape index (κ1) is 14.8. The van der Waals surface area contributed by atoms with Gasteiger partial charge in [-0.1, -0.05) is 29.8 Å². The largest absolute Gasteiger partial charge is 0.341 e. The van der Waals surface area contributed by atoms with E-state index in [1.54, 1.807) is 30.1 Å². The summed E-state index contributed by atoms with van der Waals surface area (Å²) in [6.45, 7) is 1.95. The summed E-state index contributed by atoms with van der Waals surface area (Å²) in [4.78, 5) is 1.74. The lowest BCUT2D eigenvalue weighted by Crippen LogP contribution is -2.18. The van der Waals surface area contributed by atoms with Crippen LogP contribution in [0.2, 0.25) is 5.02 Å². The van der Waals surface area contributed by atoms with E-state index in [0.29, 0.717) is 10.7 Å². The normalized spacial score (nSPS) is 12.2. The van der Waals surface area contributed by atoms with Crippen molar-refractivity contribution in [2.45, 2.75) is 19.4 Å². The minimum absolute atomic E-state index is 0.0845. The zero-order chi connectivity index (χ0) is 14.7. The van der Waals surface area contributed by atoms with Crippen molar-refractivity contribution >= 4 is 23.0 Å². The molecule has 0 aliphatic rings. The van der Waals surface area contributed by atoms with Gasteiger partial charge in [-0.2, -0.15) is 0 Å². The molecule has 0 amide bonds. The van der Waals surface area contributed by atoms with Crippen LogP contribution >= 0.6 is 11.6 Å².